The Kier molecular flexibility index (Phi) is 4.95. The molecule has 0 amide bonds. The minimum Gasteiger partial charge on any atom is -0.481 e. The fourth-order valence-corrected chi connectivity index (χ4v) is 2.10. The zero-order chi connectivity index (χ0) is 15.2. The summed E-state index contributed by atoms with van der Waals surface area (Å²) < 4.78 is 6.67. The minimum absolute atomic E-state index is 0.138. The zero-order valence-electron chi connectivity index (χ0n) is 11.3. The normalized spacial score (nSPS) is 9.95. The van der Waals surface area contributed by atoms with Crippen LogP contribution >= 0.6 is 15.9 Å². The molecule has 0 saturated carbocycles. The predicted octanol–water partition coefficient (Wildman–Crippen LogP) is 1.65. The van der Waals surface area contributed by atoms with E-state index in [4.69, 9.17) is 11.2 Å². The Hall–Kier alpha value is -2.33. The van der Waals surface area contributed by atoms with Crippen molar-refractivity contribution in [2.75, 3.05) is 12.4 Å². The molecule has 1 N–H and O–H groups in total. The van der Waals surface area contributed by atoms with E-state index in [2.05, 4.69) is 37.2 Å². The number of anilines is 1. The highest BCUT2D eigenvalue weighted by atomic mass is 79.9. The molecular formula is C14H13BrN4O2. The number of ether oxygens (including phenoxy) is 1. The second-order valence-corrected chi connectivity index (χ2v) is 4.89. The van der Waals surface area contributed by atoms with Crippen LogP contribution in [0.4, 0.5) is 5.69 Å². The van der Waals surface area contributed by atoms with E-state index >= 15 is 0 Å². The van der Waals surface area contributed by atoms with Gasteiger partial charge in [0, 0.05) is 18.8 Å². The van der Waals surface area contributed by atoms with Crippen molar-refractivity contribution in [3.8, 4) is 18.2 Å². The van der Waals surface area contributed by atoms with Crippen molar-refractivity contribution in [1.29, 1.82) is 0 Å². The molecule has 2 aromatic heterocycles. The molecule has 2 heterocycles. The molecule has 0 atom stereocenters. The molecule has 6 nitrogen and oxygen atoms in total. The Balaban J connectivity index is 2.15. The SMILES string of the molecule is C#CCn1ncc(NCc2ccnc(OC)c2)c(Br)c1=O. The predicted molar refractivity (Wildman–Crippen MR) is 83.1 cm³/mol. The molecule has 7 heteroatoms. The van der Waals surface area contributed by atoms with E-state index in [1.54, 1.807) is 19.5 Å². The Bertz CT molecular complexity index is 736. The summed E-state index contributed by atoms with van der Waals surface area (Å²) in [6.45, 7) is 0.650. The number of terminal acetylenes is 1. The van der Waals surface area contributed by atoms with Gasteiger partial charge in [-0.2, -0.15) is 5.10 Å². The summed E-state index contributed by atoms with van der Waals surface area (Å²) in [4.78, 5) is 16.0. The fraction of sp³-hybridized carbons (Fsp3) is 0.214. The van der Waals surface area contributed by atoms with Gasteiger partial charge in [-0.15, -0.1) is 6.42 Å². The van der Waals surface area contributed by atoms with Gasteiger partial charge in [-0.05, 0) is 27.6 Å². The van der Waals surface area contributed by atoms with Crippen molar-refractivity contribution in [2.24, 2.45) is 0 Å². The second kappa shape index (κ2) is 6.90. The lowest BCUT2D eigenvalue weighted by Crippen LogP contribution is -2.24. The third kappa shape index (κ3) is 3.61. The summed E-state index contributed by atoms with van der Waals surface area (Å²) in [7, 11) is 1.56. The van der Waals surface area contributed by atoms with Crippen molar-refractivity contribution < 1.29 is 4.74 Å². The molecule has 108 valence electrons. The summed E-state index contributed by atoms with van der Waals surface area (Å²) in [6, 6.07) is 3.67. The Morgan fingerprint density at radius 2 is 2.38 bits per heavy atom. The van der Waals surface area contributed by atoms with Crippen molar-refractivity contribution in [3.05, 3.63) is 44.9 Å². The van der Waals surface area contributed by atoms with Crippen LogP contribution in [-0.4, -0.2) is 21.9 Å². The molecule has 2 rings (SSSR count). The van der Waals surface area contributed by atoms with E-state index in [1.165, 1.54) is 4.68 Å². The summed E-state index contributed by atoms with van der Waals surface area (Å²) in [6.07, 6.45) is 8.40. The fourth-order valence-electron chi connectivity index (χ4n) is 1.66. The van der Waals surface area contributed by atoms with Gasteiger partial charge in [-0.3, -0.25) is 4.79 Å². The summed E-state index contributed by atoms with van der Waals surface area (Å²) in [5.74, 6) is 2.92. The number of halogens is 1. The highest BCUT2D eigenvalue weighted by Crippen LogP contribution is 2.18. The third-order valence-electron chi connectivity index (χ3n) is 2.72. The van der Waals surface area contributed by atoms with E-state index in [0.29, 0.717) is 22.6 Å². The van der Waals surface area contributed by atoms with Crippen LogP contribution in [0.5, 0.6) is 5.88 Å². The average Bonchev–Trinajstić information content (AvgIpc) is 2.51. The van der Waals surface area contributed by atoms with Gasteiger partial charge in [-0.25, -0.2) is 9.67 Å². The van der Waals surface area contributed by atoms with Gasteiger partial charge < -0.3 is 10.1 Å². The smallest absolute Gasteiger partial charge is 0.284 e. The van der Waals surface area contributed by atoms with Crippen LogP contribution in [0.2, 0.25) is 0 Å². The molecule has 21 heavy (non-hydrogen) atoms. The largest absolute Gasteiger partial charge is 0.481 e. The molecule has 0 aromatic carbocycles. The van der Waals surface area contributed by atoms with Crippen LogP contribution < -0.4 is 15.6 Å². The Morgan fingerprint density at radius 3 is 3.10 bits per heavy atom. The first-order valence-corrected chi connectivity index (χ1v) is 6.87. The highest BCUT2D eigenvalue weighted by Gasteiger charge is 2.08. The van der Waals surface area contributed by atoms with E-state index in [-0.39, 0.29) is 12.1 Å². The van der Waals surface area contributed by atoms with E-state index in [0.717, 1.165) is 5.56 Å². The molecule has 0 unspecified atom stereocenters. The van der Waals surface area contributed by atoms with Crippen LogP contribution in [0.15, 0.2) is 33.8 Å². The third-order valence-corrected chi connectivity index (χ3v) is 3.48. The molecule has 0 spiro atoms. The van der Waals surface area contributed by atoms with Crippen molar-refractivity contribution in [3.63, 3.8) is 0 Å². The molecule has 0 fully saturated rings. The lowest BCUT2D eigenvalue weighted by Gasteiger charge is -2.10. The number of hydrogen-bond donors (Lipinski definition) is 1. The first-order valence-electron chi connectivity index (χ1n) is 6.07. The number of aromatic nitrogens is 3. The molecular weight excluding hydrogens is 336 g/mol. The van der Waals surface area contributed by atoms with Crippen LogP contribution in [0, 0.1) is 12.3 Å². The molecule has 0 bridgehead atoms. The topological polar surface area (TPSA) is 69.0 Å². The maximum Gasteiger partial charge on any atom is 0.284 e. The Morgan fingerprint density at radius 1 is 1.57 bits per heavy atom. The maximum atomic E-state index is 12.0. The van der Waals surface area contributed by atoms with Crippen LogP contribution in [0.25, 0.3) is 0 Å². The number of nitrogens with one attached hydrogen (secondary N) is 1. The number of pyridine rings is 1. The molecule has 0 radical (unpaired) electrons. The summed E-state index contributed by atoms with van der Waals surface area (Å²) >= 11 is 3.26. The van der Waals surface area contributed by atoms with Gasteiger partial charge in [0.15, 0.2) is 0 Å². The molecule has 0 aliphatic rings. The Labute approximate surface area is 130 Å². The standard InChI is InChI=1S/C14H13BrN4O2/c1-3-6-19-14(20)13(15)11(9-18-19)17-8-10-4-5-16-12(7-10)21-2/h1,4-5,7,9,17H,6,8H2,2H3. The number of nitrogens with zero attached hydrogens (tertiary/aromatic N) is 3. The first-order chi connectivity index (χ1) is 10.2. The first kappa shape index (κ1) is 15.1. The zero-order valence-corrected chi connectivity index (χ0v) is 12.9. The molecule has 2 aromatic rings. The molecule has 0 aliphatic carbocycles. The van der Waals surface area contributed by atoms with Crippen LogP contribution in [0.1, 0.15) is 5.56 Å². The van der Waals surface area contributed by atoms with E-state index in [1.807, 2.05) is 12.1 Å². The second-order valence-electron chi connectivity index (χ2n) is 4.10. The van der Waals surface area contributed by atoms with Crippen molar-refractivity contribution in [1.82, 2.24) is 14.8 Å². The van der Waals surface area contributed by atoms with Crippen molar-refractivity contribution in [2.45, 2.75) is 13.1 Å². The maximum absolute atomic E-state index is 12.0. The van der Waals surface area contributed by atoms with Crippen LogP contribution in [0.3, 0.4) is 0 Å². The van der Waals surface area contributed by atoms with Gasteiger partial charge in [0.2, 0.25) is 5.88 Å². The highest BCUT2D eigenvalue weighted by molar-refractivity contribution is 9.10. The van der Waals surface area contributed by atoms with E-state index < -0.39 is 0 Å². The van der Waals surface area contributed by atoms with Gasteiger partial charge in [0.25, 0.3) is 5.56 Å². The summed E-state index contributed by atoms with van der Waals surface area (Å²) in [5.41, 5.74) is 1.30. The number of hydrogen-bond acceptors (Lipinski definition) is 5. The monoisotopic (exact) mass is 348 g/mol. The molecule has 0 saturated heterocycles. The van der Waals surface area contributed by atoms with Gasteiger partial charge in [0.1, 0.15) is 11.0 Å². The van der Waals surface area contributed by atoms with Gasteiger partial charge in [-0.1, -0.05) is 5.92 Å². The summed E-state index contributed by atoms with van der Waals surface area (Å²) in [5, 5.41) is 7.14. The van der Waals surface area contributed by atoms with Gasteiger partial charge >= 0.3 is 0 Å². The number of methoxy groups -OCH3 is 1. The van der Waals surface area contributed by atoms with Crippen molar-refractivity contribution >= 4 is 21.6 Å². The lowest BCUT2D eigenvalue weighted by molar-refractivity contribution is 0.397. The quantitative estimate of drug-likeness (QED) is 0.832. The van der Waals surface area contributed by atoms with Crippen LogP contribution in [-0.2, 0) is 13.1 Å². The lowest BCUT2D eigenvalue weighted by atomic mass is 10.2. The minimum atomic E-state index is -0.273. The van der Waals surface area contributed by atoms with E-state index in [9.17, 15) is 4.79 Å². The average molecular weight is 349 g/mol. The van der Waals surface area contributed by atoms with Gasteiger partial charge in [0.05, 0.1) is 19.0 Å². The number of rotatable bonds is 5. The molecule has 0 aliphatic heterocycles.